The highest BCUT2D eigenvalue weighted by atomic mass is 16.7. The van der Waals surface area contributed by atoms with Crippen LogP contribution < -0.4 is 0 Å². The van der Waals surface area contributed by atoms with E-state index >= 15 is 0 Å². The zero-order valence-electron chi connectivity index (χ0n) is 5.95. The second-order valence-corrected chi connectivity index (χ2v) is 2.83. The molecule has 2 aliphatic rings. The lowest BCUT2D eigenvalue weighted by Gasteiger charge is -2.10. The van der Waals surface area contributed by atoms with Gasteiger partial charge in [-0.2, -0.15) is 0 Å². The summed E-state index contributed by atoms with van der Waals surface area (Å²) in [7, 11) is 0. The van der Waals surface area contributed by atoms with Crippen LogP contribution in [0.3, 0.4) is 0 Å². The number of hydrogen-bond acceptors (Lipinski definition) is 6. The number of rotatable bonds is 0. The molecule has 0 aromatic carbocycles. The van der Waals surface area contributed by atoms with Crippen molar-refractivity contribution in [3.8, 4) is 0 Å². The van der Waals surface area contributed by atoms with Crippen molar-refractivity contribution >= 4 is 5.97 Å². The highest BCUT2D eigenvalue weighted by Crippen LogP contribution is 2.30. The first-order valence-electron chi connectivity index (χ1n) is 3.51. The second-order valence-electron chi connectivity index (χ2n) is 2.83. The molecule has 0 bridgehead atoms. The average Bonchev–Trinajstić information content (AvgIpc) is 2.43. The second kappa shape index (κ2) is 2.40. The Morgan fingerprint density at radius 2 is 1.83 bits per heavy atom. The molecule has 2 aliphatic heterocycles. The molecule has 0 saturated carbocycles. The summed E-state index contributed by atoms with van der Waals surface area (Å²) in [5, 5.41) is 27.2. The molecule has 0 aromatic heterocycles. The summed E-state index contributed by atoms with van der Waals surface area (Å²) in [6, 6.07) is 0. The Morgan fingerprint density at radius 3 is 2.42 bits per heavy atom. The zero-order valence-corrected chi connectivity index (χ0v) is 5.95. The minimum atomic E-state index is -1.40. The van der Waals surface area contributed by atoms with Crippen molar-refractivity contribution in [1.29, 1.82) is 0 Å². The normalized spacial score (nSPS) is 52.2. The molecule has 12 heavy (non-hydrogen) atoms. The molecular formula is C6H8O6. The van der Waals surface area contributed by atoms with Crippen molar-refractivity contribution in [2.45, 2.75) is 30.7 Å². The number of carbonyl (C=O) groups excluding carboxylic acids is 1. The van der Waals surface area contributed by atoms with Crippen molar-refractivity contribution in [2.24, 2.45) is 0 Å². The van der Waals surface area contributed by atoms with E-state index in [2.05, 4.69) is 9.47 Å². The molecule has 2 saturated heterocycles. The van der Waals surface area contributed by atoms with Crippen LogP contribution in [0.5, 0.6) is 0 Å². The maximum Gasteiger partial charge on any atom is 0.338 e. The van der Waals surface area contributed by atoms with E-state index in [9.17, 15) is 4.79 Å². The Labute approximate surface area is 67.3 Å². The summed E-state index contributed by atoms with van der Waals surface area (Å²) in [6.07, 6.45) is -5.94. The largest absolute Gasteiger partial charge is 0.454 e. The van der Waals surface area contributed by atoms with Crippen LogP contribution in [-0.2, 0) is 14.3 Å². The number of fused-ring (bicyclic) bond motifs is 1. The van der Waals surface area contributed by atoms with Crippen molar-refractivity contribution < 1.29 is 29.6 Å². The van der Waals surface area contributed by atoms with Gasteiger partial charge in [-0.1, -0.05) is 0 Å². The van der Waals surface area contributed by atoms with E-state index in [4.69, 9.17) is 15.3 Å². The molecule has 0 radical (unpaired) electrons. The summed E-state index contributed by atoms with van der Waals surface area (Å²) in [5.74, 6) is -0.823. The topological polar surface area (TPSA) is 96.2 Å². The Kier molecular flexibility index (Phi) is 1.58. The van der Waals surface area contributed by atoms with Gasteiger partial charge in [-0.05, 0) is 0 Å². The highest BCUT2D eigenvalue weighted by Gasteiger charge is 2.56. The fraction of sp³-hybridized carbons (Fsp3) is 0.833. The van der Waals surface area contributed by atoms with E-state index in [-0.39, 0.29) is 0 Å². The van der Waals surface area contributed by atoms with Crippen molar-refractivity contribution in [3.63, 3.8) is 0 Å². The molecule has 2 fully saturated rings. The molecule has 2 heterocycles. The van der Waals surface area contributed by atoms with Crippen LogP contribution in [0.15, 0.2) is 0 Å². The summed E-state index contributed by atoms with van der Waals surface area (Å²) in [5.41, 5.74) is 0. The summed E-state index contributed by atoms with van der Waals surface area (Å²) >= 11 is 0. The fourth-order valence-corrected chi connectivity index (χ4v) is 1.40. The first kappa shape index (κ1) is 7.93. The number of hydrogen-bond donors (Lipinski definition) is 3. The molecule has 2 rings (SSSR count). The zero-order chi connectivity index (χ0) is 8.88. The van der Waals surface area contributed by atoms with Gasteiger partial charge in [0, 0.05) is 0 Å². The number of ether oxygens (including phenoxy) is 2. The number of aliphatic hydroxyl groups excluding tert-OH is 3. The first-order valence-corrected chi connectivity index (χ1v) is 3.51. The predicted octanol–water partition coefficient (Wildman–Crippen LogP) is -2.65. The highest BCUT2D eigenvalue weighted by molar-refractivity contribution is 5.78. The summed E-state index contributed by atoms with van der Waals surface area (Å²) < 4.78 is 9.25. The lowest BCUT2D eigenvalue weighted by atomic mass is 10.1. The molecule has 0 aliphatic carbocycles. The molecule has 6 heteroatoms. The SMILES string of the molecule is O=C1O[C@H]2[C@@H](O)[C@@H](O)O[C@H]2[C@@H]1O. The first-order chi connectivity index (χ1) is 5.61. The quantitative estimate of drug-likeness (QED) is 0.349. The Bertz CT molecular complexity index is 216. The van der Waals surface area contributed by atoms with E-state index in [1.807, 2.05) is 0 Å². The van der Waals surface area contributed by atoms with E-state index < -0.39 is 36.7 Å². The Morgan fingerprint density at radius 1 is 1.17 bits per heavy atom. The molecule has 0 aromatic rings. The van der Waals surface area contributed by atoms with Gasteiger partial charge in [0.05, 0.1) is 0 Å². The molecular weight excluding hydrogens is 168 g/mol. The van der Waals surface area contributed by atoms with E-state index in [0.29, 0.717) is 0 Å². The van der Waals surface area contributed by atoms with Gasteiger partial charge in [0.2, 0.25) is 0 Å². The minimum absolute atomic E-state index is 0.823. The van der Waals surface area contributed by atoms with Gasteiger partial charge in [-0.25, -0.2) is 4.79 Å². The van der Waals surface area contributed by atoms with Gasteiger partial charge < -0.3 is 24.8 Å². The Hall–Kier alpha value is -0.690. The predicted molar refractivity (Wildman–Crippen MR) is 32.8 cm³/mol. The van der Waals surface area contributed by atoms with Crippen LogP contribution in [-0.4, -0.2) is 52.0 Å². The number of aliphatic hydroxyl groups is 3. The van der Waals surface area contributed by atoms with E-state index in [0.717, 1.165) is 0 Å². The smallest absolute Gasteiger partial charge is 0.338 e. The van der Waals surface area contributed by atoms with Gasteiger partial charge in [-0.3, -0.25) is 0 Å². The van der Waals surface area contributed by atoms with Gasteiger partial charge in [0.15, 0.2) is 18.5 Å². The third-order valence-corrected chi connectivity index (χ3v) is 2.05. The molecule has 3 N–H and O–H groups in total. The third-order valence-electron chi connectivity index (χ3n) is 2.05. The van der Waals surface area contributed by atoms with Crippen molar-refractivity contribution in [2.75, 3.05) is 0 Å². The lowest BCUT2D eigenvalue weighted by molar-refractivity contribution is -0.168. The molecule has 6 nitrogen and oxygen atoms in total. The molecule has 0 amide bonds. The van der Waals surface area contributed by atoms with Crippen LogP contribution in [0.1, 0.15) is 0 Å². The third kappa shape index (κ3) is 0.862. The van der Waals surface area contributed by atoms with Crippen LogP contribution in [0.2, 0.25) is 0 Å². The van der Waals surface area contributed by atoms with Crippen molar-refractivity contribution in [1.82, 2.24) is 0 Å². The maximum absolute atomic E-state index is 10.7. The van der Waals surface area contributed by atoms with Gasteiger partial charge >= 0.3 is 5.97 Å². The van der Waals surface area contributed by atoms with E-state index in [1.165, 1.54) is 0 Å². The Balaban J connectivity index is 2.19. The number of esters is 1. The molecule has 5 atom stereocenters. The standard InChI is InChI=1S/C6H8O6/c7-1-3-4(12-5(1)9)2(8)6(10)11-3/h1-5,7-9H/t1-,2+,3+,4+,5+/m1/s1. The van der Waals surface area contributed by atoms with Gasteiger partial charge in [0.1, 0.15) is 12.2 Å². The van der Waals surface area contributed by atoms with Crippen LogP contribution in [0.4, 0.5) is 0 Å². The molecule has 0 spiro atoms. The van der Waals surface area contributed by atoms with Crippen molar-refractivity contribution in [3.05, 3.63) is 0 Å². The minimum Gasteiger partial charge on any atom is -0.454 e. The summed E-state index contributed by atoms with van der Waals surface area (Å²) in [4.78, 5) is 10.7. The van der Waals surface area contributed by atoms with Gasteiger partial charge in [-0.15, -0.1) is 0 Å². The fourth-order valence-electron chi connectivity index (χ4n) is 1.40. The van der Waals surface area contributed by atoms with Crippen LogP contribution >= 0.6 is 0 Å². The van der Waals surface area contributed by atoms with E-state index in [1.54, 1.807) is 0 Å². The average molecular weight is 176 g/mol. The molecule has 68 valence electrons. The van der Waals surface area contributed by atoms with Crippen LogP contribution in [0, 0.1) is 0 Å². The summed E-state index contributed by atoms with van der Waals surface area (Å²) in [6.45, 7) is 0. The molecule has 0 unspecified atom stereocenters. The van der Waals surface area contributed by atoms with Gasteiger partial charge in [0.25, 0.3) is 0 Å². The maximum atomic E-state index is 10.7. The van der Waals surface area contributed by atoms with Crippen LogP contribution in [0.25, 0.3) is 0 Å². The monoisotopic (exact) mass is 176 g/mol. The number of carbonyl (C=O) groups is 1. The lowest BCUT2D eigenvalue weighted by Crippen LogP contribution is -2.32.